The number of halogens is 1. The second kappa shape index (κ2) is 12.1. The Morgan fingerprint density at radius 1 is 1.22 bits per heavy atom. The van der Waals surface area contributed by atoms with Gasteiger partial charge in [0.1, 0.15) is 12.1 Å². The molecule has 1 aliphatic heterocycles. The van der Waals surface area contributed by atoms with Gasteiger partial charge in [-0.05, 0) is 47.0 Å². The zero-order valence-corrected chi connectivity index (χ0v) is 20.2. The molecular formula is C17H35IN4O4S. The molecule has 2 N–H and O–H groups in total. The highest BCUT2D eigenvalue weighted by Gasteiger charge is 2.27. The molecule has 0 amide bonds. The lowest BCUT2D eigenvalue weighted by Gasteiger charge is -2.32. The van der Waals surface area contributed by atoms with E-state index in [1.54, 1.807) is 4.31 Å². The van der Waals surface area contributed by atoms with Crippen molar-refractivity contribution in [3.05, 3.63) is 0 Å². The molecule has 160 valence electrons. The zero-order chi connectivity index (χ0) is 19.8. The van der Waals surface area contributed by atoms with Gasteiger partial charge in [-0.2, -0.15) is 0 Å². The van der Waals surface area contributed by atoms with Crippen molar-refractivity contribution in [2.45, 2.75) is 65.5 Å². The molecule has 0 bridgehead atoms. The Hall–Kier alpha value is -0.620. The molecule has 1 rings (SSSR count). The number of hydrogen-bond donors (Lipinski definition) is 2. The highest BCUT2D eigenvalue weighted by molar-refractivity contribution is 14.0. The van der Waals surface area contributed by atoms with E-state index in [-0.39, 0.29) is 48.3 Å². The maximum absolute atomic E-state index is 12.1. The van der Waals surface area contributed by atoms with Crippen LogP contribution in [-0.2, 0) is 19.6 Å². The predicted molar refractivity (Wildman–Crippen MR) is 119 cm³/mol. The minimum absolute atomic E-state index is 0. The minimum atomic E-state index is -3.14. The molecule has 0 aromatic rings. The van der Waals surface area contributed by atoms with Crippen molar-refractivity contribution in [3.8, 4) is 0 Å². The van der Waals surface area contributed by atoms with Crippen molar-refractivity contribution in [1.82, 2.24) is 14.9 Å². The molecule has 1 aliphatic rings. The van der Waals surface area contributed by atoms with Crippen LogP contribution < -0.4 is 10.6 Å². The average molecular weight is 518 g/mol. The lowest BCUT2D eigenvalue weighted by Crippen LogP contribution is -2.50. The number of carbonyl (C=O) groups excluding carboxylic acids is 1. The van der Waals surface area contributed by atoms with Gasteiger partial charge >= 0.3 is 5.97 Å². The summed E-state index contributed by atoms with van der Waals surface area (Å²) in [5.74, 6) is 0.369. The number of carbonyl (C=O) groups is 1. The molecular weight excluding hydrogens is 483 g/mol. The van der Waals surface area contributed by atoms with Crippen molar-refractivity contribution in [3.63, 3.8) is 0 Å². The van der Waals surface area contributed by atoms with Gasteiger partial charge < -0.3 is 15.4 Å². The standard InChI is InChI=1S/C17H34N4O4S.HI/c1-6-12-26(23,24)21-10-8-14(9-11-21)20-16(18-7-2)19-13-15(22)25-17(3,4)5;/h14H,6-13H2,1-5H3,(H2,18,19,20);1H. The number of guanidine groups is 1. The molecule has 0 unspecified atom stereocenters. The third-order valence-corrected chi connectivity index (χ3v) is 5.86. The Bertz CT molecular complexity index is 582. The van der Waals surface area contributed by atoms with Crippen molar-refractivity contribution >= 4 is 45.9 Å². The first kappa shape index (κ1) is 26.4. The van der Waals surface area contributed by atoms with E-state index in [1.165, 1.54) is 0 Å². The first-order chi connectivity index (χ1) is 12.1. The number of piperidine rings is 1. The lowest BCUT2D eigenvalue weighted by atomic mass is 10.1. The van der Waals surface area contributed by atoms with E-state index < -0.39 is 15.6 Å². The normalized spacial score (nSPS) is 17.1. The van der Waals surface area contributed by atoms with E-state index in [1.807, 2.05) is 34.6 Å². The Morgan fingerprint density at radius 3 is 2.30 bits per heavy atom. The SMILES string of the molecule is CCCS(=O)(=O)N1CCC(NC(=NCC(=O)OC(C)(C)C)NCC)CC1.I. The smallest absolute Gasteiger partial charge is 0.328 e. The number of rotatable bonds is 7. The van der Waals surface area contributed by atoms with Crippen LogP contribution in [0.15, 0.2) is 4.99 Å². The van der Waals surface area contributed by atoms with Crippen LogP contribution in [0.5, 0.6) is 0 Å². The van der Waals surface area contributed by atoms with Crippen LogP contribution in [0.25, 0.3) is 0 Å². The molecule has 0 radical (unpaired) electrons. The summed E-state index contributed by atoms with van der Waals surface area (Å²) < 4.78 is 31.1. The Morgan fingerprint density at radius 2 is 1.81 bits per heavy atom. The zero-order valence-electron chi connectivity index (χ0n) is 17.1. The molecule has 0 atom stereocenters. The van der Waals surface area contributed by atoms with Crippen LogP contribution in [-0.4, -0.2) is 68.2 Å². The van der Waals surface area contributed by atoms with Gasteiger partial charge in [0.15, 0.2) is 5.96 Å². The molecule has 0 aromatic heterocycles. The summed E-state index contributed by atoms with van der Waals surface area (Å²) in [6, 6.07) is 0.125. The number of ether oxygens (including phenoxy) is 1. The summed E-state index contributed by atoms with van der Waals surface area (Å²) in [5.41, 5.74) is -0.533. The maximum Gasteiger partial charge on any atom is 0.328 e. The summed E-state index contributed by atoms with van der Waals surface area (Å²) in [5, 5.41) is 6.40. The van der Waals surface area contributed by atoms with Crippen LogP contribution >= 0.6 is 24.0 Å². The summed E-state index contributed by atoms with van der Waals surface area (Å²) in [6.07, 6.45) is 2.04. The number of sulfonamides is 1. The topological polar surface area (TPSA) is 100 Å². The summed E-state index contributed by atoms with van der Waals surface area (Å²) in [7, 11) is -3.14. The van der Waals surface area contributed by atoms with Crippen LogP contribution in [0.3, 0.4) is 0 Å². The van der Waals surface area contributed by atoms with Crippen molar-refractivity contribution in [1.29, 1.82) is 0 Å². The number of esters is 1. The second-order valence-electron chi connectivity index (χ2n) is 7.42. The minimum Gasteiger partial charge on any atom is -0.459 e. The largest absolute Gasteiger partial charge is 0.459 e. The first-order valence-electron chi connectivity index (χ1n) is 9.32. The monoisotopic (exact) mass is 518 g/mol. The van der Waals surface area contributed by atoms with E-state index in [9.17, 15) is 13.2 Å². The number of aliphatic imine (C=N–C) groups is 1. The Labute approximate surface area is 181 Å². The molecule has 27 heavy (non-hydrogen) atoms. The average Bonchev–Trinajstić information content (AvgIpc) is 2.52. The molecule has 1 fully saturated rings. The van der Waals surface area contributed by atoms with Gasteiger partial charge in [0.05, 0.1) is 5.75 Å². The second-order valence-corrected chi connectivity index (χ2v) is 9.50. The highest BCUT2D eigenvalue weighted by Crippen LogP contribution is 2.15. The third-order valence-electron chi connectivity index (χ3n) is 3.78. The van der Waals surface area contributed by atoms with Gasteiger partial charge in [0.2, 0.25) is 10.0 Å². The molecule has 1 heterocycles. The quantitative estimate of drug-likeness (QED) is 0.231. The van der Waals surface area contributed by atoms with Crippen LogP contribution in [0, 0.1) is 0 Å². The Balaban J connectivity index is 0.00000676. The van der Waals surface area contributed by atoms with E-state index >= 15 is 0 Å². The fourth-order valence-corrected chi connectivity index (χ4v) is 4.24. The third kappa shape index (κ3) is 10.5. The van der Waals surface area contributed by atoms with Gasteiger partial charge in [0.25, 0.3) is 0 Å². The molecule has 8 nitrogen and oxygen atoms in total. The summed E-state index contributed by atoms with van der Waals surface area (Å²) >= 11 is 0. The van der Waals surface area contributed by atoms with Gasteiger partial charge in [-0.25, -0.2) is 17.7 Å². The summed E-state index contributed by atoms with van der Waals surface area (Å²) in [4.78, 5) is 16.1. The molecule has 0 spiro atoms. The Kier molecular flexibility index (Phi) is 11.8. The fraction of sp³-hybridized carbons (Fsp3) is 0.882. The number of nitrogens with zero attached hydrogens (tertiary/aromatic N) is 2. The van der Waals surface area contributed by atoms with Crippen LogP contribution in [0.1, 0.15) is 53.9 Å². The van der Waals surface area contributed by atoms with Crippen LogP contribution in [0.2, 0.25) is 0 Å². The molecule has 1 saturated heterocycles. The molecule has 0 aromatic carbocycles. The summed E-state index contributed by atoms with van der Waals surface area (Å²) in [6.45, 7) is 10.9. The van der Waals surface area contributed by atoms with E-state index in [2.05, 4.69) is 15.6 Å². The molecule has 0 saturated carbocycles. The number of nitrogens with one attached hydrogen (secondary N) is 2. The maximum atomic E-state index is 12.1. The first-order valence-corrected chi connectivity index (χ1v) is 10.9. The van der Waals surface area contributed by atoms with Crippen molar-refractivity contribution in [2.75, 3.05) is 31.9 Å². The van der Waals surface area contributed by atoms with Crippen molar-refractivity contribution < 1.29 is 17.9 Å². The van der Waals surface area contributed by atoms with Crippen LogP contribution in [0.4, 0.5) is 0 Å². The van der Waals surface area contributed by atoms with E-state index in [0.717, 1.165) is 0 Å². The number of hydrogen-bond acceptors (Lipinski definition) is 5. The van der Waals surface area contributed by atoms with Crippen molar-refractivity contribution in [2.24, 2.45) is 4.99 Å². The highest BCUT2D eigenvalue weighted by atomic mass is 127. The fourth-order valence-electron chi connectivity index (χ4n) is 2.70. The lowest BCUT2D eigenvalue weighted by molar-refractivity contribution is -0.152. The van der Waals surface area contributed by atoms with E-state index in [0.29, 0.717) is 44.9 Å². The molecule has 0 aliphatic carbocycles. The van der Waals surface area contributed by atoms with Gasteiger partial charge in [-0.1, -0.05) is 6.92 Å². The molecule has 10 heteroatoms. The van der Waals surface area contributed by atoms with Gasteiger partial charge in [-0.15, -0.1) is 24.0 Å². The van der Waals surface area contributed by atoms with E-state index in [4.69, 9.17) is 4.74 Å². The van der Waals surface area contributed by atoms with Gasteiger partial charge in [0, 0.05) is 25.7 Å². The predicted octanol–water partition coefficient (Wildman–Crippen LogP) is 1.71. The van der Waals surface area contributed by atoms with Gasteiger partial charge in [-0.3, -0.25) is 4.79 Å².